The van der Waals surface area contributed by atoms with Crippen LogP contribution in [0.15, 0.2) is 24.3 Å². The molecule has 6 nitrogen and oxygen atoms in total. The summed E-state index contributed by atoms with van der Waals surface area (Å²) in [6.45, 7) is 4.35. The normalized spacial score (nSPS) is 22.0. The molecule has 0 radical (unpaired) electrons. The van der Waals surface area contributed by atoms with Crippen molar-refractivity contribution >= 4 is 11.9 Å². The van der Waals surface area contributed by atoms with Gasteiger partial charge in [-0.05, 0) is 38.0 Å². The highest BCUT2D eigenvalue weighted by Crippen LogP contribution is 2.30. The summed E-state index contributed by atoms with van der Waals surface area (Å²) in [4.78, 5) is 25.2. The average Bonchev–Trinajstić information content (AvgIpc) is 2.96. The van der Waals surface area contributed by atoms with Gasteiger partial charge < -0.3 is 19.5 Å². The van der Waals surface area contributed by atoms with Gasteiger partial charge in [0.1, 0.15) is 11.9 Å². The number of hydrogen-bond acceptors (Lipinski definition) is 4. The standard InChI is InChI=1S/C17H23NO5/c1-12(23-10-13-5-4-6-14(9-13)22-3)15(19)18-8-7-17(2,11-18)16(20)21/h4-6,9,12H,7-8,10-11H2,1-3H3,(H,20,21). The van der Waals surface area contributed by atoms with E-state index in [1.54, 1.807) is 25.9 Å². The van der Waals surface area contributed by atoms with Crippen molar-refractivity contribution in [3.05, 3.63) is 29.8 Å². The molecule has 1 fully saturated rings. The minimum Gasteiger partial charge on any atom is -0.497 e. The molecule has 0 saturated carbocycles. The zero-order valence-corrected chi connectivity index (χ0v) is 13.7. The number of benzene rings is 1. The Morgan fingerprint density at radius 2 is 2.17 bits per heavy atom. The van der Waals surface area contributed by atoms with Gasteiger partial charge in [-0.2, -0.15) is 0 Å². The van der Waals surface area contributed by atoms with Crippen molar-refractivity contribution in [1.29, 1.82) is 0 Å². The number of aliphatic carboxylic acids is 1. The monoisotopic (exact) mass is 321 g/mol. The number of carbonyl (C=O) groups excluding carboxylic acids is 1. The zero-order chi connectivity index (χ0) is 17.0. The molecule has 2 unspecified atom stereocenters. The SMILES string of the molecule is COc1cccc(COC(C)C(=O)N2CCC(C)(C(=O)O)C2)c1. The number of methoxy groups -OCH3 is 1. The number of rotatable bonds is 6. The number of amides is 1. The Kier molecular flexibility index (Phi) is 5.26. The molecule has 1 amide bonds. The van der Waals surface area contributed by atoms with Crippen LogP contribution < -0.4 is 4.74 Å². The first kappa shape index (κ1) is 17.3. The largest absolute Gasteiger partial charge is 0.497 e. The summed E-state index contributed by atoms with van der Waals surface area (Å²) in [5, 5.41) is 9.23. The third-order valence-electron chi connectivity index (χ3n) is 4.28. The van der Waals surface area contributed by atoms with Gasteiger partial charge in [-0.3, -0.25) is 9.59 Å². The van der Waals surface area contributed by atoms with E-state index in [2.05, 4.69) is 0 Å². The summed E-state index contributed by atoms with van der Waals surface area (Å²) in [5.74, 6) is -0.294. The lowest BCUT2D eigenvalue weighted by Gasteiger charge is -2.23. The predicted octanol–water partition coefficient (Wildman–Crippen LogP) is 1.92. The quantitative estimate of drug-likeness (QED) is 0.866. The van der Waals surface area contributed by atoms with Crippen molar-refractivity contribution in [3.8, 4) is 5.75 Å². The van der Waals surface area contributed by atoms with Crippen LogP contribution >= 0.6 is 0 Å². The van der Waals surface area contributed by atoms with Crippen molar-refractivity contribution in [2.24, 2.45) is 5.41 Å². The fraction of sp³-hybridized carbons (Fsp3) is 0.529. The molecule has 23 heavy (non-hydrogen) atoms. The topological polar surface area (TPSA) is 76.1 Å². The van der Waals surface area contributed by atoms with E-state index < -0.39 is 17.5 Å². The Balaban J connectivity index is 1.89. The van der Waals surface area contributed by atoms with Gasteiger partial charge in [0.25, 0.3) is 5.91 Å². The Morgan fingerprint density at radius 1 is 1.43 bits per heavy atom. The van der Waals surface area contributed by atoms with Crippen LogP contribution in [0.1, 0.15) is 25.8 Å². The van der Waals surface area contributed by atoms with Crippen LogP contribution in [0.2, 0.25) is 0 Å². The predicted molar refractivity (Wildman–Crippen MR) is 84.2 cm³/mol. The smallest absolute Gasteiger partial charge is 0.311 e. The number of hydrogen-bond donors (Lipinski definition) is 1. The van der Waals surface area contributed by atoms with Gasteiger partial charge in [0.2, 0.25) is 0 Å². The second-order valence-electron chi connectivity index (χ2n) is 6.18. The van der Waals surface area contributed by atoms with Gasteiger partial charge in [-0.25, -0.2) is 0 Å². The lowest BCUT2D eigenvalue weighted by Crippen LogP contribution is -2.40. The van der Waals surface area contributed by atoms with E-state index >= 15 is 0 Å². The lowest BCUT2D eigenvalue weighted by molar-refractivity contribution is -0.148. The Bertz CT molecular complexity index is 588. The maximum atomic E-state index is 12.4. The lowest BCUT2D eigenvalue weighted by atomic mass is 9.90. The van der Waals surface area contributed by atoms with E-state index in [1.165, 1.54) is 0 Å². The zero-order valence-electron chi connectivity index (χ0n) is 13.7. The van der Waals surface area contributed by atoms with Crippen molar-refractivity contribution in [3.63, 3.8) is 0 Å². The first-order valence-corrected chi connectivity index (χ1v) is 7.62. The minimum absolute atomic E-state index is 0.169. The minimum atomic E-state index is -0.863. The summed E-state index contributed by atoms with van der Waals surface area (Å²) in [6, 6.07) is 7.46. The third kappa shape index (κ3) is 4.01. The Hall–Kier alpha value is -2.08. The molecule has 0 bridgehead atoms. The summed E-state index contributed by atoms with van der Waals surface area (Å²) in [5.41, 5.74) is 0.0585. The van der Waals surface area contributed by atoms with Crippen LogP contribution in [-0.2, 0) is 20.9 Å². The molecule has 2 rings (SSSR count). The molecule has 1 aliphatic rings. The molecule has 126 valence electrons. The average molecular weight is 321 g/mol. The van der Waals surface area contributed by atoms with E-state index in [1.807, 2.05) is 24.3 Å². The van der Waals surface area contributed by atoms with Gasteiger partial charge in [-0.15, -0.1) is 0 Å². The molecule has 0 aromatic heterocycles. The van der Waals surface area contributed by atoms with Crippen molar-refractivity contribution < 1.29 is 24.2 Å². The molecule has 0 spiro atoms. The highest BCUT2D eigenvalue weighted by Gasteiger charge is 2.42. The molecule has 1 aromatic rings. The van der Waals surface area contributed by atoms with Crippen molar-refractivity contribution in [2.75, 3.05) is 20.2 Å². The van der Waals surface area contributed by atoms with E-state index in [9.17, 15) is 14.7 Å². The van der Waals surface area contributed by atoms with Crippen molar-refractivity contribution in [1.82, 2.24) is 4.90 Å². The molecule has 6 heteroatoms. The van der Waals surface area contributed by atoms with Gasteiger partial charge in [-0.1, -0.05) is 12.1 Å². The molecular weight excluding hydrogens is 298 g/mol. The second kappa shape index (κ2) is 7.00. The van der Waals surface area contributed by atoms with Crippen LogP contribution in [0, 0.1) is 5.41 Å². The molecule has 2 atom stereocenters. The van der Waals surface area contributed by atoms with Gasteiger partial charge in [0, 0.05) is 13.1 Å². The summed E-state index contributed by atoms with van der Waals surface area (Å²) < 4.78 is 10.8. The van der Waals surface area contributed by atoms with E-state index in [0.717, 1.165) is 11.3 Å². The highest BCUT2D eigenvalue weighted by molar-refractivity contribution is 5.83. The van der Waals surface area contributed by atoms with E-state index in [-0.39, 0.29) is 12.5 Å². The summed E-state index contributed by atoms with van der Waals surface area (Å²) >= 11 is 0. The number of ether oxygens (including phenoxy) is 2. The van der Waals surface area contributed by atoms with Crippen LogP contribution in [0.3, 0.4) is 0 Å². The summed E-state index contributed by atoms with van der Waals surface area (Å²) in [6.07, 6.45) is -0.145. The fourth-order valence-electron chi connectivity index (χ4n) is 2.64. The molecule has 0 aliphatic carbocycles. The number of carboxylic acid groups (broad SMARTS) is 1. The third-order valence-corrected chi connectivity index (χ3v) is 4.28. The molecule has 1 aromatic carbocycles. The Morgan fingerprint density at radius 3 is 2.78 bits per heavy atom. The first-order chi connectivity index (χ1) is 10.9. The number of carbonyl (C=O) groups is 2. The van der Waals surface area contributed by atoms with Gasteiger partial charge in [0.05, 0.1) is 19.1 Å². The highest BCUT2D eigenvalue weighted by atomic mass is 16.5. The number of likely N-dealkylation sites (tertiary alicyclic amines) is 1. The van der Waals surface area contributed by atoms with Crippen LogP contribution in [0.25, 0.3) is 0 Å². The second-order valence-corrected chi connectivity index (χ2v) is 6.18. The molecular formula is C17H23NO5. The molecule has 1 aliphatic heterocycles. The molecule has 1 saturated heterocycles. The van der Waals surface area contributed by atoms with Gasteiger partial charge >= 0.3 is 5.97 Å². The fourth-order valence-corrected chi connectivity index (χ4v) is 2.64. The number of carboxylic acids is 1. The Labute approximate surface area is 136 Å². The molecule has 1 N–H and O–H groups in total. The van der Waals surface area contributed by atoms with Crippen molar-refractivity contribution in [2.45, 2.75) is 33.0 Å². The van der Waals surface area contributed by atoms with Crippen LogP contribution in [-0.4, -0.2) is 48.2 Å². The maximum Gasteiger partial charge on any atom is 0.311 e. The van der Waals surface area contributed by atoms with E-state index in [0.29, 0.717) is 19.6 Å². The maximum absolute atomic E-state index is 12.4. The van der Waals surface area contributed by atoms with Gasteiger partial charge in [0.15, 0.2) is 0 Å². The van der Waals surface area contributed by atoms with E-state index in [4.69, 9.17) is 9.47 Å². The summed E-state index contributed by atoms with van der Waals surface area (Å²) in [7, 11) is 1.60. The van der Waals surface area contributed by atoms with Crippen LogP contribution in [0.4, 0.5) is 0 Å². The first-order valence-electron chi connectivity index (χ1n) is 7.62. The number of nitrogens with zero attached hydrogens (tertiary/aromatic N) is 1. The van der Waals surface area contributed by atoms with Crippen LogP contribution in [0.5, 0.6) is 5.75 Å². The molecule has 1 heterocycles.